The van der Waals surface area contributed by atoms with Crippen LogP contribution in [0.1, 0.15) is 23.7 Å². The number of sulfonamides is 1. The maximum Gasteiger partial charge on any atom is 0.269 e. The Hall–Kier alpha value is -1.80. The molecule has 2 unspecified atom stereocenters. The summed E-state index contributed by atoms with van der Waals surface area (Å²) in [4.78, 5) is 12.5. The molecule has 8 heteroatoms. The number of amides is 1. The Labute approximate surface area is 135 Å². The summed E-state index contributed by atoms with van der Waals surface area (Å²) in [7, 11) is -1.01. The zero-order chi connectivity index (χ0) is 16.8. The van der Waals surface area contributed by atoms with Gasteiger partial charge in [-0.3, -0.25) is 4.79 Å². The molecule has 2 aliphatic rings. The third kappa shape index (κ3) is 2.46. The zero-order valence-corrected chi connectivity index (χ0v) is 14.1. The minimum atomic E-state index is -3.87. The summed E-state index contributed by atoms with van der Waals surface area (Å²) in [6, 6.07) is 2.76. The average molecular weight is 341 g/mol. The topological polar surface area (TPSA) is 82.1 Å². The Morgan fingerprint density at radius 3 is 2.48 bits per heavy atom. The van der Waals surface area contributed by atoms with Crippen LogP contribution in [0.25, 0.3) is 0 Å². The molecule has 1 saturated heterocycles. The second-order valence-corrected chi connectivity index (χ2v) is 7.50. The molecule has 23 heavy (non-hydrogen) atoms. The van der Waals surface area contributed by atoms with E-state index >= 15 is 0 Å². The van der Waals surface area contributed by atoms with Crippen molar-refractivity contribution in [3.63, 3.8) is 0 Å². The summed E-state index contributed by atoms with van der Waals surface area (Å²) in [5, 5.41) is 0. The highest BCUT2D eigenvalue weighted by molar-refractivity contribution is 7.90. The molecule has 0 aliphatic carbocycles. The molecule has 1 aromatic carbocycles. The molecule has 0 spiro atoms. The van der Waals surface area contributed by atoms with Crippen molar-refractivity contribution >= 4 is 15.9 Å². The first-order chi connectivity index (χ1) is 10.9. The van der Waals surface area contributed by atoms with Crippen LogP contribution in [0, 0.1) is 5.92 Å². The van der Waals surface area contributed by atoms with Gasteiger partial charge in [0.25, 0.3) is 15.9 Å². The summed E-state index contributed by atoms with van der Waals surface area (Å²) in [6.45, 7) is 2.61. The average Bonchev–Trinajstić information content (AvgIpc) is 3.01. The normalized spacial score (nSPS) is 25.5. The molecule has 3 rings (SSSR count). The van der Waals surface area contributed by atoms with Crippen LogP contribution in [0.5, 0.6) is 11.5 Å². The van der Waals surface area contributed by atoms with Gasteiger partial charge in [0.15, 0.2) is 11.5 Å². The molecule has 126 valence electrons. The Morgan fingerprint density at radius 2 is 1.91 bits per heavy atom. The van der Waals surface area contributed by atoms with E-state index in [9.17, 15) is 13.2 Å². The highest BCUT2D eigenvalue weighted by Gasteiger charge is 2.44. The predicted molar refractivity (Wildman–Crippen MR) is 81.3 cm³/mol. The van der Waals surface area contributed by atoms with Crippen molar-refractivity contribution in [2.75, 3.05) is 27.4 Å². The van der Waals surface area contributed by atoms with Crippen molar-refractivity contribution in [3.8, 4) is 11.5 Å². The largest absolute Gasteiger partial charge is 0.493 e. The van der Waals surface area contributed by atoms with E-state index in [4.69, 9.17) is 14.2 Å². The molecule has 0 saturated carbocycles. The molecule has 1 aromatic rings. The molecular weight excluding hydrogens is 322 g/mol. The highest BCUT2D eigenvalue weighted by atomic mass is 32.2. The first-order valence-corrected chi connectivity index (χ1v) is 8.79. The van der Waals surface area contributed by atoms with Crippen LogP contribution in [-0.2, 0) is 14.8 Å². The molecule has 0 radical (unpaired) electrons. The van der Waals surface area contributed by atoms with E-state index in [-0.39, 0.29) is 34.8 Å². The summed E-state index contributed by atoms with van der Waals surface area (Å²) in [6.07, 6.45) is 0.675. The van der Waals surface area contributed by atoms with E-state index in [0.717, 1.165) is 10.7 Å². The highest BCUT2D eigenvalue weighted by Crippen LogP contribution is 2.39. The predicted octanol–water partition coefficient (Wildman–Crippen LogP) is 1.27. The second kappa shape index (κ2) is 5.68. The first kappa shape index (κ1) is 16.1. The zero-order valence-electron chi connectivity index (χ0n) is 13.2. The van der Waals surface area contributed by atoms with Gasteiger partial charge >= 0.3 is 0 Å². The number of nitrogens with zero attached hydrogens (tertiary/aromatic N) is 1. The Bertz CT molecular complexity index is 745. The van der Waals surface area contributed by atoms with E-state index in [1.807, 2.05) is 6.92 Å². The number of hydrogen-bond acceptors (Lipinski definition) is 6. The van der Waals surface area contributed by atoms with Crippen molar-refractivity contribution in [3.05, 3.63) is 17.7 Å². The van der Waals surface area contributed by atoms with Gasteiger partial charge in [-0.1, -0.05) is 0 Å². The third-order valence-electron chi connectivity index (χ3n) is 4.44. The fourth-order valence-corrected chi connectivity index (χ4v) is 4.63. The van der Waals surface area contributed by atoms with Gasteiger partial charge < -0.3 is 14.2 Å². The lowest BCUT2D eigenvalue weighted by Crippen LogP contribution is -2.36. The first-order valence-electron chi connectivity index (χ1n) is 7.34. The number of rotatable bonds is 4. The minimum absolute atomic E-state index is 0.00632. The van der Waals surface area contributed by atoms with E-state index in [1.54, 1.807) is 0 Å². The summed E-state index contributed by atoms with van der Waals surface area (Å²) in [5.74, 6) is 0.0862. The van der Waals surface area contributed by atoms with Crippen LogP contribution in [-0.4, -0.2) is 52.1 Å². The van der Waals surface area contributed by atoms with Gasteiger partial charge in [0.1, 0.15) is 4.90 Å². The Kier molecular flexibility index (Phi) is 3.97. The Balaban J connectivity index is 2.01. The van der Waals surface area contributed by atoms with Gasteiger partial charge in [-0.25, -0.2) is 12.7 Å². The SMILES string of the molecule is COc1cc2c(cc1OC)S(=O)(=O)N(CC1CCOC1C)C2=O. The van der Waals surface area contributed by atoms with Crippen molar-refractivity contribution < 1.29 is 27.4 Å². The van der Waals surface area contributed by atoms with Crippen molar-refractivity contribution in [1.82, 2.24) is 4.31 Å². The maximum absolute atomic E-state index is 12.7. The van der Waals surface area contributed by atoms with Crippen LogP contribution in [0.4, 0.5) is 0 Å². The van der Waals surface area contributed by atoms with E-state index in [0.29, 0.717) is 12.4 Å². The van der Waals surface area contributed by atoms with Gasteiger partial charge in [0, 0.05) is 25.1 Å². The summed E-state index contributed by atoms with van der Waals surface area (Å²) < 4.78 is 42.1. The standard InChI is InChI=1S/C15H19NO6S/c1-9-10(4-5-22-9)8-16-15(17)11-6-12(20-2)13(21-3)7-14(11)23(16,18)19/h6-7,9-10H,4-5,8H2,1-3H3. The lowest BCUT2D eigenvalue weighted by molar-refractivity contribution is 0.0798. The third-order valence-corrected chi connectivity index (χ3v) is 6.23. The molecule has 2 heterocycles. The smallest absolute Gasteiger partial charge is 0.269 e. The molecule has 1 amide bonds. The number of methoxy groups -OCH3 is 2. The minimum Gasteiger partial charge on any atom is -0.493 e. The van der Waals surface area contributed by atoms with Gasteiger partial charge in [0.05, 0.1) is 25.9 Å². The van der Waals surface area contributed by atoms with E-state index in [2.05, 4.69) is 0 Å². The van der Waals surface area contributed by atoms with Crippen LogP contribution in [0.2, 0.25) is 0 Å². The number of carbonyl (C=O) groups is 1. The van der Waals surface area contributed by atoms with Gasteiger partial charge in [-0.2, -0.15) is 0 Å². The van der Waals surface area contributed by atoms with Gasteiger partial charge in [-0.15, -0.1) is 0 Å². The molecule has 2 aliphatic heterocycles. The summed E-state index contributed by atoms with van der Waals surface area (Å²) in [5.41, 5.74) is 0.120. The number of benzene rings is 1. The summed E-state index contributed by atoms with van der Waals surface area (Å²) >= 11 is 0. The Morgan fingerprint density at radius 1 is 1.26 bits per heavy atom. The van der Waals surface area contributed by atoms with Crippen LogP contribution >= 0.6 is 0 Å². The molecule has 1 fully saturated rings. The fourth-order valence-electron chi connectivity index (χ4n) is 3.01. The van der Waals surface area contributed by atoms with Gasteiger partial charge in [0.2, 0.25) is 0 Å². The lowest BCUT2D eigenvalue weighted by atomic mass is 10.0. The maximum atomic E-state index is 12.7. The molecule has 2 atom stereocenters. The van der Waals surface area contributed by atoms with Crippen molar-refractivity contribution in [2.45, 2.75) is 24.3 Å². The van der Waals surface area contributed by atoms with Crippen molar-refractivity contribution in [2.24, 2.45) is 5.92 Å². The van der Waals surface area contributed by atoms with E-state index in [1.165, 1.54) is 26.4 Å². The monoisotopic (exact) mass is 341 g/mol. The van der Waals surface area contributed by atoms with Crippen LogP contribution < -0.4 is 9.47 Å². The molecular formula is C15H19NO6S. The number of fused-ring (bicyclic) bond motifs is 1. The van der Waals surface area contributed by atoms with Gasteiger partial charge in [-0.05, 0) is 19.4 Å². The molecule has 0 bridgehead atoms. The van der Waals surface area contributed by atoms with Crippen LogP contribution in [0.3, 0.4) is 0 Å². The number of hydrogen-bond donors (Lipinski definition) is 0. The van der Waals surface area contributed by atoms with E-state index < -0.39 is 15.9 Å². The fraction of sp³-hybridized carbons (Fsp3) is 0.533. The number of ether oxygens (including phenoxy) is 3. The van der Waals surface area contributed by atoms with Crippen molar-refractivity contribution in [1.29, 1.82) is 0 Å². The lowest BCUT2D eigenvalue weighted by Gasteiger charge is -2.21. The van der Waals surface area contributed by atoms with Crippen LogP contribution in [0.15, 0.2) is 17.0 Å². The number of carbonyl (C=O) groups excluding carboxylic acids is 1. The molecule has 7 nitrogen and oxygen atoms in total. The second-order valence-electron chi connectivity index (χ2n) is 5.67. The quantitative estimate of drug-likeness (QED) is 0.820. The molecule has 0 aromatic heterocycles. The molecule has 0 N–H and O–H groups in total.